The molecule has 1 aromatic heterocycles. The van der Waals surface area contributed by atoms with E-state index in [0.717, 1.165) is 42.3 Å². The average Bonchev–Trinajstić information content (AvgIpc) is 2.82. The van der Waals surface area contributed by atoms with Gasteiger partial charge in [-0.25, -0.2) is 0 Å². The largest absolute Gasteiger partial charge is 0.327 e. The topological polar surface area (TPSA) is 83.8 Å². The number of aromatic amines is 1. The highest BCUT2D eigenvalue weighted by atomic mass is 16.1. The molecule has 20 heavy (non-hydrogen) atoms. The van der Waals surface area contributed by atoms with E-state index < -0.39 is 0 Å². The number of carbonyl (C=O) groups excluding carboxylic acids is 1. The Kier molecular flexibility index (Phi) is 3.69. The Morgan fingerprint density at radius 1 is 1.30 bits per heavy atom. The van der Waals surface area contributed by atoms with Crippen LogP contribution in [0.5, 0.6) is 0 Å². The van der Waals surface area contributed by atoms with Gasteiger partial charge in [-0.05, 0) is 25.0 Å². The summed E-state index contributed by atoms with van der Waals surface area (Å²) >= 11 is 0. The smallest absolute Gasteiger partial charge is 0.229 e. The lowest BCUT2D eigenvalue weighted by Crippen LogP contribution is -2.37. The lowest BCUT2D eigenvalue weighted by atomic mass is 9.94. The summed E-state index contributed by atoms with van der Waals surface area (Å²) in [6.45, 7) is 0. The van der Waals surface area contributed by atoms with Crippen LogP contribution in [0.15, 0.2) is 24.4 Å². The summed E-state index contributed by atoms with van der Waals surface area (Å²) in [6.07, 6.45) is 6.94. The molecule has 2 aromatic rings. The fourth-order valence-electron chi connectivity index (χ4n) is 2.96. The minimum Gasteiger partial charge on any atom is -0.327 e. The normalized spacial score (nSPS) is 23.4. The van der Waals surface area contributed by atoms with Gasteiger partial charge >= 0.3 is 0 Å². The molecule has 1 saturated carbocycles. The van der Waals surface area contributed by atoms with Gasteiger partial charge in [-0.3, -0.25) is 9.89 Å². The molecule has 5 nitrogen and oxygen atoms in total. The number of benzene rings is 1. The molecule has 1 fully saturated rings. The van der Waals surface area contributed by atoms with Gasteiger partial charge in [0.05, 0.1) is 23.3 Å². The molecule has 0 saturated heterocycles. The van der Waals surface area contributed by atoms with Crippen molar-refractivity contribution in [2.45, 2.75) is 38.1 Å². The van der Waals surface area contributed by atoms with Crippen LogP contribution in [0.25, 0.3) is 10.9 Å². The number of nitrogens with zero attached hydrogens (tertiary/aromatic N) is 1. The molecule has 0 radical (unpaired) electrons. The Morgan fingerprint density at radius 3 is 3.05 bits per heavy atom. The molecule has 2 atom stereocenters. The number of nitrogens with two attached hydrogens (primary N) is 1. The molecule has 1 aromatic carbocycles. The molecule has 1 amide bonds. The van der Waals surface area contributed by atoms with Crippen molar-refractivity contribution in [2.24, 2.45) is 11.7 Å². The second kappa shape index (κ2) is 5.63. The molecule has 1 heterocycles. The van der Waals surface area contributed by atoms with E-state index in [0.29, 0.717) is 0 Å². The average molecular weight is 272 g/mol. The number of H-pyrrole nitrogens is 1. The lowest BCUT2D eigenvalue weighted by molar-refractivity contribution is -0.120. The monoisotopic (exact) mass is 272 g/mol. The van der Waals surface area contributed by atoms with Crippen LogP contribution >= 0.6 is 0 Å². The summed E-state index contributed by atoms with van der Waals surface area (Å²) in [6, 6.07) is 5.72. The first-order valence-corrected chi connectivity index (χ1v) is 7.24. The van der Waals surface area contributed by atoms with E-state index in [9.17, 15) is 4.79 Å². The van der Waals surface area contributed by atoms with Crippen LogP contribution in [0.3, 0.4) is 0 Å². The predicted molar refractivity (Wildman–Crippen MR) is 79.3 cm³/mol. The maximum atomic E-state index is 12.5. The number of hydrogen-bond donors (Lipinski definition) is 3. The van der Waals surface area contributed by atoms with Crippen molar-refractivity contribution in [1.29, 1.82) is 0 Å². The Balaban J connectivity index is 1.79. The first-order chi connectivity index (χ1) is 9.75. The zero-order chi connectivity index (χ0) is 13.9. The van der Waals surface area contributed by atoms with Gasteiger partial charge in [0.2, 0.25) is 5.91 Å². The second-order valence-electron chi connectivity index (χ2n) is 5.53. The standard InChI is InChI=1S/C15H20N4O/c16-12-6-3-1-2-5-10(12)15(20)18-13-7-4-8-14-11(13)9-17-19-14/h4,7-10,12H,1-3,5-6,16H2,(H,17,19)(H,18,20). The molecule has 5 heteroatoms. The summed E-state index contributed by atoms with van der Waals surface area (Å²) in [4.78, 5) is 12.5. The van der Waals surface area contributed by atoms with Gasteiger partial charge < -0.3 is 11.1 Å². The van der Waals surface area contributed by atoms with Gasteiger partial charge in [-0.2, -0.15) is 5.10 Å². The van der Waals surface area contributed by atoms with E-state index in [1.54, 1.807) is 6.20 Å². The second-order valence-corrected chi connectivity index (χ2v) is 5.53. The molecule has 3 rings (SSSR count). The Hall–Kier alpha value is -1.88. The number of amides is 1. The zero-order valence-corrected chi connectivity index (χ0v) is 11.4. The van der Waals surface area contributed by atoms with E-state index in [-0.39, 0.29) is 17.9 Å². The maximum absolute atomic E-state index is 12.5. The minimum atomic E-state index is -0.0837. The Morgan fingerprint density at radius 2 is 2.15 bits per heavy atom. The summed E-state index contributed by atoms with van der Waals surface area (Å²) < 4.78 is 0. The van der Waals surface area contributed by atoms with Crippen molar-refractivity contribution in [3.63, 3.8) is 0 Å². The van der Waals surface area contributed by atoms with Crippen molar-refractivity contribution in [3.05, 3.63) is 24.4 Å². The Labute approximate surface area is 117 Å². The van der Waals surface area contributed by atoms with Crippen LogP contribution in [0.4, 0.5) is 5.69 Å². The van der Waals surface area contributed by atoms with E-state index >= 15 is 0 Å². The van der Waals surface area contributed by atoms with E-state index in [2.05, 4.69) is 15.5 Å². The highest BCUT2D eigenvalue weighted by Gasteiger charge is 2.27. The molecule has 0 aliphatic heterocycles. The molecule has 2 unspecified atom stereocenters. The highest BCUT2D eigenvalue weighted by molar-refractivity contribution is 6.01. The number of carbonyl (C=O) groups is 1. The van der Waals surface area contributed by atoms with E-state index in [1.807, 2.05) is 18.2 Å². The first-order valence-electron chi connectivity index (χ1n) is 7.24. The number of aromatic nitrogens is 2. The maximum Gasteiger partial charge on any atom is 0.229 e. The fraction of sp³-hybridized carbons (Fsp3) is 0.467. The predicted octanol–water partition coefficient (Wildman–Crippen LogP) is 2.41. The van der Waals surface area contributed by atoms with Crippen LogP contribution in [0.1, 0.15) is 32.1 Å². The number of anilines is 1. The molecule has 0 bridgehead atoms. The summed E-state index contributed by atoms with van der Waals surface area (Å²) in [7, 11) is 0. The molecular weight excluding hydrogens is 252 g/mol. The van der Waals surface area contributed by atoms with Gasteiger partial charge in [0, 0.05) is 11.4 Å². The fourth-order valence-corrected chi connectivity index (χ4v) is 2.96. The summed E-state index contributed by atoms with van der Waals surface area (Å²) in [5.41, 5.74) is 7.87. The quantitative estimate of drug-likeness (QED) is 0.734. The van der Waals surface area contributed by atoms with Crippen molar-refractivity contribution < 1.29 is 4.79 Å². The molecule has 1 aliphatic rings. The number of hydrogen-bond acceptors (Lipinski definition) is 3. The molecule has 4 N–H and O–H groups in total. The van der Waals surface area contributed by atoms with Crippen LogP contribution in [0, 0.1) is 5.92 Å². The van der Waals surface area contributed by atoms with Gasteiger partial charge in [0.1, 0.15) is 0 Å². The summed E-state index contributed by atoms with van der Waals surface area (Å²) in [5.74, 6) is -0.0484. The summed E-state index contributed by atoms with van der Waals surface area (Å²) in [5, 5.41) is 10.9. The van der Waals surface area contributed by atoms with Crippen molar-refractivity contribution in [1.82, 2.24) is 10.2 Å². The lowest BCUT2D eigenvalue weighted by Gasteiger charge is -2.20. The molecular formula is C15H20N4O. The Bertz CT molecular complexity index is 607. The third kappa shape index (κ3) is 2.54. The SMILES string of the molecule is NC1CCCCCC1C(=O)Nc1cccc2[nH]ncc12. The highest BCUT2D eigenvalue weighted by Crippen LogP contribution is 2.26. The van der Waals surface area contributed by atoms with Crippen LogP contribution in [-0.4, -0.2) is 22.1 Å². The third-order valence-corrected chi connectivity index (χ3v) is 4.15. The van der Waals surface area contributed by atoms with Gasteiger partial charge in [-0.15, -0.1) is 0 Å². The van der Waals surface area contributed by atoms with E-state index in [1.165, 1.54) is 6.42 Å². The van der Waals surface area contributed by atoms with Gasteiger partial charge in [-0.1, -0.05) is 25.3 Å². The van der Waals surface area contributed by atoms with Gasteiger partial charge in [0.25, 0.3) is 0 Å². The number of nitrogens with one attached hydrogen (secondary N) is 2. The third-order valence-electron chi connectivity index (χ3n) is 4.15. The van der Waals surface area contributed by atoms with Crippen molar-refractivity contribution in [2.75, 3.05) is 5.32 Å². The zero-order valence-electron chi connectivity index (χ0n) is 11.4. The van der Waals surface area contributed by atoms with Crippen LogP contribution in [-0.2, 0) is 4.79 Å². The molecule has 106 valence electrons. The van der Waals surface area contributed by atoms with Gasteiger partial charge in [0.15, 0.2) is 0 Å². The number of fused-ring (bicyclic) bond motifs is 1. The van der Waals surface area contributed by atoms with Crippen LogP contribution < -0.4 is 11.1 Å². The first kappa shape index (κ1) is 13.1. The van der Waals surface area contributed by atoms with Crippen molar-refractivity contribution in [3.8, 4) is 0 Å². The number of rotatable bonds is 2. The molecule has 1 aliphatic carbocycles. The van der Waals surface area contributed by atoms with Crippen molar-refractivity contribution >= 4 is 22.5 Å². The van der Waals surface area contributed by atoms with Crippen LogP contribution in [0.2, 0.25) is 0 Å². The van der Waals surface area contributed by atoms with E-state index in [4.69, 9.17) is 5.73 Å². The molecule has 0 spiro atoms. The minimum absolute atomic E-state index is 0.0268.